The zero-order valence-corrected chi connectivity index (χ0v) is 26.1. The van der Waals surface area contributed by atoms with Gasteiger partial charge in [-0.2, -0.15) is 0 Å². The molecule has 0 atom stereocenters. The van der Waals surface area contributed by atoms with Crippen molar-refractivity contribution in [3.05, 3.63) is 34.4 Å². The summed E-state index contributed by atoms with van der Waals surface area (Å²) < 4.78 is 10.5. The van der Waals surface area contributed by atoms with Crippen LogP contribution in [0.2, 0.25) is 0 Å². The molecule has 0 radical (unpaired) electrons. The van der Waals surface area contributed by atoms with Gasteiger partial charge in [0.15, 0.2) is 0 Å². The number of carboxylic acid groups (broad SMARTS) is 2. The van der Waals surface area contributed by atoms with E-state index in [-0.39, 0.29) is 13.2 Å². The number of carbonyl (C=O) groups is 4. The van der Waals surface area contributed by atoms with Crippen LogP contribution < -0.4 is 0 Å². The molecule has 0 bridgehead atoms. The molecule has 0 amide bonds. The maximum Gasteiger partial charge on any atom is 0.339 e. The topological polar surface area (TPSA) is 127 Å². The molecule has 1 aromatic carbocycles. The molecule has 0 spiro atoms. The minimum absolute atomic E-state index is 0.111. The monoisotopic (exact) mass is 590 g/mol. The van der Waals surface area contributed by atoms with Crippen LogP contribution in [0.15, 0.2) is 12.1 Å². The molecule has 0 fully saturated rings. The molecular weight excluding hydrogens is 536 g/mol. The number of esters is 2. The van der Waals surface area contributed by atoms with Crippen LogP contribution in [0, 0.1) is 0 Å². The van der Waals surface area contributed by atoms with Crippen LogP contribution in [0.4, 0.5) is 0 Å². The highest BCUT2D eigenvalue weighted by Crippen LogP contribution is 2.21. The van der Waals surface area contributed by atoms with E-state index < -0.39 is 46.1 Å². The molecule has 0 aromatic heterocycles. The molecule has 2 N–H and O–H groups in total. The van der Waals surface area contributed by atoms with Crippen LogP contribution in [0.25, 0.3) is 0 Å². The van der Waals surface area contributed by atoms with Crippen molar-refractivity contribution < 1.29 is 38.9 Å². The second-order valence-electron chi connectivity index (χ2n) is 11.2. The van der Waals surface area contributed by atoms with Crippen molar-refractivity contribution in [2.24, 2.45) is 0 Å². The van der Waals surface area contributed by atoms with Crippen LogP contribution in [0.1, 0.15) is 184 Å². The van der Waals surface area contributed by atoms with E-state index in [1.54, 1.807) is 0 Å². The number of rotatable bonds is 26. The Bertz CT molecular complexity index is 864. The Balaban J connectivity index is 2.55. The van der Waals surface area contributed by atoms with Crippen molar-refractivity contribution in [1.82, 2.24) is 0 Å². The van der Waals surface area contributed by atoms with E-state index in [0.717, 1.165) is 50.7 Å². The van der Waals surface area contributed by atoms with Crippen LogP contribution in [-0.4, -0.2) is 47.3 Å². The largest absolute Gasteiger partial charge is 0.478 e. The minimum atomic E-state index is -1.46. The Kier molecular flexibility index (Phi) is 20.9. The number of carbonyl (C=O) groups excluding carboxylic acids is 2. The highest BCUT2D eigenvalue weighted by molar-refractivity contribution is 6.09. The molecule has 0 aliphatic heterocycles. The normalized spacial score (nSPS) is 10.9. The van der Waals surface area contributed by atoms with Gasteiger partial charge in [-0.3, -0.25) is 0 Å². The Hall–Kier alpha value is -2.90. The summed E-state index contributed by atoms with van der Waals surface area (Å²) >= 11 is 0. The van der Waals surface area contributed by atoms with Crippen LogP contribution in [0.5, 0.6) is 0 Å². The van der Waals surface area contributed by atoms with Gasteiger partial charge >= 0.3 is 23.9 Å². The van der Waals surface area contributed by atoms with Gasteiger partial charge in [-0.15, -0.1) is 0 Å². The third-order valence-corrected chi connectivity index (χ3v) is 7.52. The van der Waals surface area contributed by atoms with Crippen LogP contribution in [-0.2, 0) is 9.47 Å². The lowest BCUT2D eigenvalue weighted by Crippen LogP contribution is -2.19. The first-order chi connectivity index (χ1) is 20.3. The summed E-state index contributed by atoms with van der Waals surface area (Å²) in [6, 6.07) is 1.81. The number of aromatic carboxylic acids is 2. The fourth-order valence-electron chi connectivity index (χ4n) is 4.96. The van der Waals surface area contributed by atoms with Crippen molar-refractivity contribution in [2.45, 2.75) is 142 Å². The molecule has 0 saturated carbocycles. The lowest BCUT2D eigenvalue weighted by Gasteiger charge is -2.12. The molecule has 0 saturated heterocycles. The lowest BCUT2D eigenvalue weighted by molar-refractivity contribution is 0.0472. The first-order valence-electron chi connectivity index (χ1n) is 16.3. The number of hydrogen-bond donors (Lipinski definition) is 2. The quantitative estimate of drug-likeness (QED) is 0.0807. The van der Waals surface area contributed by atoms with E-state index in [1.807, 2.05) is 0 Å². The molecule has 0 heterocycles. The van der Waals surface area contributed by atoms with Gasteiger partial charge in [0.1, 0.15) is 0 Å². The van der Waals surface area contributed by atoms with E-state index >= 15 is 0 Å². The third-order valence-electron chi connectivity index (χ3n) is 7.52. The van der Waals surface area contributed by atoms with Gasteiger partial charge in [0.2, 0.25) is 0 Å². The molecule has 0 aliphatic rings. The van der Waals surface area contributed by atoms with Gasteiger partial charge in [-0.1, -0.05) is 129 Å². The third kappa shape index (κ3) is 15.9. The molecule has 1 aromatic rings. The van der Waals surface area contributed by atoms with Crippen LogP contribution >= 0.6 is 0 Å². The SMILES string of the molecule is CCCCCCCCCCCCOC(=O)c1cc(C(=O)O)c(C(=O)OCCCCCCCCCCCC)cc1C(=O)O. The van der Waals surface area contributed by atoms with Crippen molar-refractivity contribution in [2.75, 3.05) is 13.2 Å². The van der Waals surface area contributed by atoms with E-state index in [1.165, 1.54) is 77.0 Å². The Labute approximate surface area is 252 Å². The maximum absolute atomic E-state index is 12.7. The molecule has 238 valence electrons. The number of benzene rings is 1. The first kappa shape index (κ1) is 37.1. The van der Waals surface area contributed by atoms with E-state index in [4.69, 9.17) is 9.47 Å². The number of unbranched alkanes of at least 4 members (excludes halogenated alkanes) is 18. The van der Waals surface area contributed by atoms with Crippen molar-refractivity contribution in [1.29, 1.82) is 0 Å². The predicted octanol–water partition coefficient (Wildman–Crippen LogP) is 9.24. The van der Waals surface area contributed by atoms with Crippen molar-refractivity contribution in [3.8, 4) is 0 Å². The van der Waals surface area contributed by atoms with E-state index in [9.17, 15) is 29.4 Å². The molecule has 8 nitrogen and oxygen atoms in total. The summed E-state index contributed by atoms with van der Waals surface area (Å²) in [5.41, 5.74) is -1.76. The zero-order chi connectivity index (χ0) is 31.0. The van der Waals surface area contributed by atoms with E-state index in [0.29, 0.717) is 12.8 Å². The molecule has 1 rings (SSSR count). The Morgan fingerprint density at radius 2 is 0.714 bits per heavy atom. The van der Waals surface area contributed by atoms with Gasteiger partial charge in [0.25, 0.3) is 0 Å². The standard InChI is InChI=1S/C34H54O8/c1-3-5-7-9-11-13-15-17-19-21-23-41-33(39)29-25-28(32(37)38)30(26-27(29)31(35)36)34(40)42-24-22-20-18-16-14-12-10-8-6-4-2/h25-26H,3-24H2,1-2H3,(H,35,36)(H,37,38). The van der Waals surface area contributed by atoms with Gasteiger partial charge in [0, 0.05) is 0 Å². The average molecular weight is 591 g/mol. The highest BCUT2D eigenvalue weighted by atomic mass is 16.5. The average Bonchev–Trinajstić information content (AvgIpc) is 2.97. The van der Waals surface area contributed by atoms with Crippen molar-refractivity contribution >= 4 is 23.9 Å². The molecule has 0 aliphatic carbocycles. The fourth-order valence-corrected chi connectivity index (χ4v) is 4.96. The minimum Gasteiger partial charge on any atom is -0.478 e. The summed E-state index contributed by atoms with van der Waals surface area (Å²) in [4.78, 5) is 49.1. The van der Waals surface area contributed by atoms with Gasteiger partial charge < -0.3 is 19.7 Å². The fraction of sp³-hybridized carbons (Fsp3) is 0.706. The first-order valence-corrected chi connectivity index (χ1v) is 16.3. The Morgan fingerprint density at radius 1 is 0.452 bits per heavy atom. The number of hydrogen-bond acceptors (Lipinski definition) is 6. The second kappa shape index (κ2) is 23.6. The summed E-state index contributed by atoms with van der Waals surface area (Å²) in [7, 11) is 0. The van der Waals surface area contributed by atoms with Crippen LogP contribution in [0.3, 0.4) is 0 Å². The number of carboxylic acids is 2. The number of ether oxygens (including phenoxy) is 2. The smallest absolute Gasteiger partial charge is 0.339 e. The highest BCUT2D eigenvalue weighted by Gasteiger charge is 2.27. The Morgan fingerprint density at radius 3 is 0.976 bits per heavy atom. The van der Waals surface area contributed by atoms with Gasteiger partial charge in [-0.05, 0) is 25.0 Å². The van der Waals surface area contributed by atoms with Gasteiger partial charge in [0.05, 0.1) is 35.5 Å². The predicted molar refractivity (Wildman–Crippen MR) is 165 cm³/mol. The molecule has 8 heteroatoms. The molecule has 0 unspecified atom stereocenters. The maximum atomic E-state index is 12.7. The summed E-state index contributed by atoms with van der Waals surface area (Å²) in [5.74, 6) is -4.75. The van der Waals surface area contributed by atoms with Crippen molar-refractivity contribution in [3.63, 3.8) is 0 Å². The summed E-state index contributed by atoms with van der Waals surface area (Å²) in [6.45, 7) is 4.62. The summed E-state index contributed by atoms with van der Waals surface area (Å²) in [5, 5.41) is 19.4. The van der Waals surface area contributed by atoms with Gasteiger partial charge in [-0.25, -0.2) is 19.2 Å². The zero-order valence-electron chi connectivity index (χ0n) is 26.1. The molecule has 42 heavy (non-hydrogen) atoms. The van der Waals surface area contributed by atoms with E-state index in [2.05, 4.69) is 13.8 Å². The summed E-state index contributed by atoms with van der Waals surface area (Å²) in [6.07, 6.45) is 22.4. The second-order valence-corrected chi connectivity index (χ2v) is 11.2. The molecular formula is C34H54O8. The lowest BCUT2D eigenvalue weighted by atomic mass is 9.98.